The molecule has 144 valence electrons. The van der Waals surface area contributed by atoms with Crippen molar-refractivity contribution in [3.8, 4) is 22.6 Å². The molecule has 0 heterocycles. The lowest BCUT2D eigenvalue weighted by molar-refractivity contribution is 0.0693. The highest BCUT2D eigenvalue weighted by atomic mass is 32.2. The van der Waals surface area contributed by atoms with E-state index in [1.807, 2.05) is 0 Å². The third-order valence-electron chi connectivity index (χ3n) is 4.09. The molecular weight excluding hydrogens is 382 g/mol. The third-order valence-corrected chi connectivity index (χ3v) is 5.18. The number of benzene rings is 3. The summed E-state index contributed by atoms with van der Waals surface area (Å²) in [6.45, 7) is 0. The molecule has 0 saturated carbocycles. The number of sulfonamides is 1. The Labute approximate surface area is 161 Å². The van der Waals surface area contributed by atoms with Crippen molar-refractivity contribution in [1.29, 1.82) is 0 Å². The summed E-state index contributed by atoms with van der Waals surface area (Å²) in [6, 6.07) is 16.7. The maximum Gasteiger partial charge on any atom is 0.339 e. The SMILES string of the molecule is CS(=O)(=O)N(c1ccc(-c2ccccc2O)cc1)c1ccc(C(=O)O)c(O)c1. The third kappa shape index (κ3) is 3.77. The fraction of sp³-hybridized carbons (Fsp3) is 0.0500. The number of phenols is 2. The number of rotatable bonds is 5. The molecule has 8 heteroatoms. The van der Waals surface area contributed by atoms with Crippen LogP contribution in [0.4, 0.5) is 11.4 Å². The zero-order valence-corrected chi connectivity index (χ0v) is 15.6. The molecule has 3 rings (SSSR count). The molecule has 3 aromatic carbocycles. The van der Waals surface area contributed by atoms with Gasteiger partial charge in [-0.2, -0.15) is 0 Å². The van der Waals surface area contributed by atoms with E-state index in [2.05, 4.69) is 0 Å². The summed E-state index contributed by atoms with van der Waals surface area (Å²) >= 11 is 0. The average molecular weight is 399 g/mol. The van der Waals surface area contributed by atoms with Crippen LogP contribution in [0.3, 0.4) is 0 Å². The van der Waals surface area contributed by atoms with Crippen molar-refractivity contribution < 1.29 is 28.5 Å². The smallest absolute Gasteiger partial charge is 0.339 e. The van der Waals surface area contributed by atoms with Crippen molar-refractivity contribution in [3.63, 3.8) is 0 Å². The van der Waals surface area contributed by atoms with Gasteiger partial charge in [-0.1, -0.05) is 30.3 Å². The minimum Gasteiger partial charge on any atom is -0.507 e. The largest absolute Gasteiger partial charge is 0.507 e. The molecule has 28 heavy (non-hydrogen) atoms. The first-order valence-electron chi connectivity index (χ1n) is 8.13. The quantitative estimate of drug-likeness (QED) is 0.604. The monoisotopic (exact) mass is 399 g/mol. The number of hydrogen-bond acceptors (Lipinski definition) is 5. The Bertz CT molecular complexity index is 1140. The molecule has 3 aromatic rings. The van der Waals surface area contributed by atoms with Crippen LogP contribution in [0.2, 0.25) is 0 Å². The van der Waals surface area contributed by atoms with E-state index in [0.717, 1.165) is 22.7 Å². The van der Waals surface area contributed by atoms with Gasteiger partial charge in [-0.3, -0.25) is 0 Å². The van der Waals surface area contributed by atoms with Crippen LogP contribution in [0.15, 0.2) is 66.7 Å². The summed E-state index contributed by atoms with van der Waals surface area (Å²) in [5.74, 6) is -1.75. The first kappa shape index (κ1) is 19.2. The standard InChI is InChI=1S/C20H17NO6S/c1-28(26,27)21(15-10-11-17(20(24)25)19(23)12-15)14-8-6-13(7-9-14)16-4-2-3-5-18(16)22/h2-12,22-23H,1H3,(H,24,25). The Morgan fingerprint density at radius 2 is 1.46 bits per heavy atom. The van der Waals surface area contributed by atoms with Gasteiger partial charge >= 0.3 is 5.97 Å². The number of nitrogens with zero attached hydrogens (tertiary/aromatic N) is 1. The van der Waals surface area contributed by atoms with Crippen molar-refractivity contribution in [1.82, 2.24) is 0 Å². The minimum atomic E-state index is -3.78. The summed E-state index contributed by atoms with van der Waals surface area (Å²) < 4.78 is 25.7. The van der Waals surface area contributed by atoms with Gasteiger partial charge in [0.2, 0.25) is 10.0 Å². The number of aromatic hydroxyl groups is 2. The highest BCUT2D eigenvalue weighted by molar-refractivity contribution is 7.92. The van der Waals surface area contributed by atoms with Crippen molar-refractivity contribution in [2.45, 2.75) is 0 Å². The molecule has 0 radical (unpaired) electrons. The molecule has 0 aliphatic carbocycles. The van der Waals surface area contributed by atoms with Crippen LogP contribution >= 0.6 is 0 Å². The van der Waals surface area contributed by atoms with Crippen molar-refractivity contribution in [3.05, 3.63) is 72.3 Å². The summed E-state index contributed by atoms with van der Waals surface area (Å²) in [5.41, 5.74) is 1.36. The molecular formula is C20H17NO6S. The van der Waals surface area contributed by atoms with Gasteiger partial charge in [0, 0.05) is 11.6 Å². The molecule has 0 saturated heterocycles. The average Bonchev–Trinajstić information content (AvgIpc) is 2.62. The molecule has 0 aromatic heterocycles. The van der Waals surface area contributed by atoms with Crippen LogP contribution in [-0.2, 0) is 10.0 Å². The molecule has 3 N–H and O–H groups in total. The second kappa shape index (κ2) is 7.24. The van der Waals surface area contributed by atoms with Crippen LogP contribution in [-0.4, -0.2) is 36.0 Å². The maximum absolute atomic E-state index is 12.4. The van der Waals surface area contributed by atoms with Crippen LogP contribution in [0.25, 0.3) is 11.1 Å². The highest BCUT2D eigenvalue weighted by Gasteiger charge is 2.22. The van der Waals surface area contributed by atoms with Gasteiger partial charge in [0.25, 0.3) is 0 Å². The lowest BCUT2D eigenvalue weighted by Crippen LogP contribution is -2.24. The van der Waals surface area contributed by atoms with Crippen LogP contribution in [0.1, 0.15) is 10.4 Å². The Balaban J connectivity index is 2.06. The van der Waals surface area contributed by atoms with E-state index < -0.39 is 21.7 Å². The molecule has 0 bridgehead atoms. The predicted octanol–water partition coefficient (Wildman–Crippen LogP) is 3.56. The number of carbonyl (C=O) groups is 1. The van der Waals surface area contributed by atoms with E-state index in [-0.39, 0.29) is 17.0 Å². The number of anilines is 2. The van der Waals surface area contributed by atoms with Crippen LogP contribution < -0.4 is 4.31 Å². The fourth-order valence-corrected chi connectivity index (χ4v) is 3.85. The number of carboxylic acids is 1. The number of carboxylic acid groups (broad SMARTS) is 1. The van der Waals surface area contributed by atoms with Gasteiger partial charge in [0.1, 0.15) is 17.1 Å². The van der Waals surface area contributed by atoms with E-state index in [0.29, 0.717) is 16.8 Å². The maximum atomic E-state index is 12.4. The number of phenolic OH excluding ortho intramolecular Hbond substituents is 1. The van der Waals surface area contributed by atoms with Crippen LogP contribution in [0.5, 0.6) is 11.5 Å². The first-order chi connectivity index (χ1) is 13.2. The van der Waals surface area contributed by atoms with Crippen molar-refractivity contribution in [2.24, 2.45) is 0 Å². The Morgan fingerprint density at radius 3 is 2.00 bits per heavy atom. The summed E-state index contributed by atoms with van der Waals surface area (Å²) in [6.07, 6.45) is 1.01. The lowest BCUT2D eigenvalue weighted by Gasteiger charge is -2.23. The second-order valence-electron chi connectivity index (χ2n) is 6.10. The summed E-state index contributed by atoms with van der Waals surface area (Å²) in [4.78, 5) is 11.1. The zero-order valence-electron chi connectivity index (χ0n) is 14.8. The molecule has 0 aliphatic rings. The van der Waals surface area contributed by atoms with E-state index >= 15 is 0 Å². The topological polar surface area (TPSA) is 115 Å². The van der Waals surface area contributed by atoms with Gasteiger partial charge in [-0.25, -0.2) is 17.5 Å². The van der Waals surface area contributed by atoms with Gasteiger partial charge in [-0.15, -0.1) is 0 Å². The van der Waals surface area contributed by atoms with E-state index in [1.165, 1.54) is 6.07 Å². The molecule has 0 atom stereocenters. The molecule has 7 nitrogen and oxygen atoms in total. The summed E-state index contributed by atoms with van der Waals surface area (Å²) in [5, 5.41) is 28.9. The minimum absolute atomic E-state index is 0.0975. The van der Waals surface area contributed by atoms with E-state index in [9.17, 15) is 23.4 Å². The Kier molecular flexibility index (Phi) is 4.98. The zero-order chi connectivity index (χ0) is 20.5. The summed E-state index contributed by atoms with van der Waals surface area (Å²) in [7, 11) is -3.78. The molecule has 0 fully saturated rings. The Hall–Kier alpha value is -3.52. The lowest BCUT2D eigenvalue weighted by atomic mass is 10.0. The van der Waals surface area contributed by atoms with Gasteiger partial charge in [0.15, 0.2) is 0 Å². The normalized spacial score (nSPS) is 11.2. The van der Waals surface area contributed by atoms with Gasteiger partial charge in [-0.05, 0) is 35.9 Å². The van der Waals surface area contributed by atoms with Crippen molar-refractivity contribution in [2.75, 3.05) is 10.6 Å². The molecule has 0 spiro atoms. The predicted molar refractivity (Wildman–Crippen MR) is 106 cm³/mol. The number of para-hydroxylation sites is 1. The number of aromatic carboxylic acids is 1. The first-order valence-corrected chi connectivity index (χ1v) is 9.98. The fourth-order valence-electron chi connectivity index (χ4n) is 2.85. The number of hydrogen-bond donors (Lipinski definition) is 3. The molecule has 0 aliphatic heterocycles. The molecule has 0 unspecified atom stereocenters. The highest BCUT2D eigenvalue weighted by Crippen LogP contribution is 2.35. The van der Waals surface area contributed by atoms with Crippen LogP contribution in [0, 0.1) is 0 Å². The van der Waals surface area contributed by atoms with E-state index in [1.54, 1.807) is 48.5 Å². The second-order valence-corrected chi connectivity index (χ2v) is 7.93. The van der Waals surface area contributed by atoms with Gasteiger partial charge in [0.05, 0.1) is 17.6 Å². The molecule has 0 amide bonds. The van der Waals surface area contributed by atoms with E-state index in [4.69, 9.17) is 5.11 Å². The Morgan fingerprint density at radius 1 is 0.857 bits per heavy atom. The van der Waals surface area contributed by atoms with Gasteiger partial charge < -0.3 is 15.3 Å². The van der Waals surface area contributed by atoms with Crippen molar-refractivity contribution >= 4 is 27.4 Å².